The molecule has 126 valence electrons. The Hall–Kier alpha value is -3.15. The standard InChI is InChI=1S/C19H19N5O/c1-13-6-7-17-14(10-13)11-21-24(17)9-8-19(25)20-12-18-22-15-4-2-3-5-16(15)23-18/h2-7,10-11H,8-9,12H2,1H3,(H,20,25)(H,22,23). The minimum absolute atomic E-state index is 0.0174. The Morgan fingerprint density at radius 1 is 1.24 bits per heavy atom. The monoisotopic (exact) mass is 333 g/mol. The molecule has 0 spiro atoms. The summed E-state index contributed by atoms with van der Waals surface area (Å²) in [5.41, 5.74) is 4.14. The van der Waals surface area contributed by atoms with Crippen LogP contribution in [0.25, 0.3) is 21.9 Å². The third-order valence-electron chi connectivity index (χ3n) is 4.24. The van der Waals surface area contributed by atoms with Gasteiger partial charge in [-0.2, -0.15) is 5.10 Å². The van der Waals surface area contributed by atoms with Gasteiger partial charge in [0, 0.05) is 11.8 Å². The highest BCUT2D eigenvalue weighted by Gasteiger charge is 2.08. The number of fused-ring (bicyclic) bond motifs is 2. The van der Waals surface area contributed by atoms with Gasteiger partial charge < -0.3 is 10.3 Å². The van der Waals surface area contributed by atoms with Crippen molar-refractivity contribution < 1.29 is 4.79 Å². The Morgan fingerprint density at radius 3 is 3.00 bits per heavy atom. The van der Waals surface area contributed by atoms with Crippen molar-refractivity contribution in [2.75, 3.05) is 0 Å². The van der Waals surface area contributed by atoms with E-state index in [4.69, 9.17) is 0 Å². The van der Waals surface area contributed by atoms with E-state index >= 15 is 0 Å². The summed E-state index contributed by atoms with van der Waals surface area (Å²) in [4.78, 5) is 19.8. The van der Waals surface area contributed by atoms with Gasteiger partial charge in [-0.3, -0.25) is 9.48 Å². The highest BCUT2D eigenvalue weighted by atomic mass is 16.1. The lowest BCUT2D eigenvalue weighted by Gasteiger charge is -2.05. The van der Waals surface area contributed by atoms with Crippen LogP contribution < -0.4 is 5.32 Å². The molecule has 4 rings (SSSR count). The Balaban J connectivity index is 1.35. The number of aromatic nitrogens is 4. The predicted molar refractivity (Wildman–Crippen MR) is 97.0 cm³/mol. The Labute approximate surface area is 144 Å². The quantitative estimate of drug-likeness (QED) is 0.589. The molecule has 25 heavy (non-hydrogen) atoms. The molecule has 0 aliphatic carbocycles. The van der Waals surface area contributed by atoms with E-state index in [1.54, 1.807) is 0 Å². The average molecular weight is 333 g/mol. The Bertz CT molecular complexity index is 1010. The van der Waals surface area contributed by atoms with Crippen molar-refractivity contribution >= 4 is 27.8 Å². The molecule has 1 amide bonds. The first-order valence-electron chi connectivity index (χ1n) is 8.31. The number of hydrogen-bond donors (Lipinski definition) is 2. The number of carbonyl (C=O) groups is 1. The number of hydrogen-bond acceptors (Lipinski definition) is 3. The number of aromatic amines is 1. The molecular formula is C19H19N5O. The van der Waals surface area contributed by atoms with Crippen LogP contribution in [0.1, 0.15) is 17.8 Å². The van der Waals surface area contributed by atoms with Gasteiger partial charge in [0.2, 0.25) is 5.91 Å². The molecule has 2 aromatic carbocycles. The second-order valence-electron chi connectivity index (χ2n) is 6.16. The molecule has 0 atom stereocenters. The zero-order valence-electron chi connectivity index (χ0n) is 14.0. The van der Waals surface area contributed by atoms with Crippen molar-refractivity contribution in [3.05, 3.63) is 60.0 Å². The number of amides is 1. The molecular weight excluding hydrogens is 314 g/mol. The third kappa shape index (κ3) is 3.24. The molecule has 0 unspecified atom stereocenters. The van der Waals surface area contributed by atoms with Gasteiger partial charge in [0.1, 0.15) is 5.82 Å². The first-order chi connectivity index (χ1) is 12.2. The van der Waals surface area contributed by atoms with Gasteiger partial charge in [0.15, 0.2) is 0 Å². The van der Waals surface area contributed by atoms with E-state index in [0.29, 0.717) is 19.5 Å². The van der Waals surface area contributed by atoms with Gasteiger partial charge in [-0.1, -0.05) is 23.8 Å². The van der Waals surface area contributed by atoms with Crippen LogP contribution in [0.2, 0.25) is 0 Å². The highest BCUT2D eigenvalue weighted by molar-refractivity contribution is 5.80. The van der Waals surface area contributed by atoms with Crippen LogP contribution in [0.15, 0.2) is 48.7 Å². The van der Waals surface area contributed by atoms with Crippen LogP contribution in [0, 0.1) is 6.92 Å². The van der Waals surface area contributed by atoms with E-state index in [-0.39, 0.29) is 5.91 Å². The van der Waals surface area contributed by atoms with Gasteiger partial charge in [0.05, 0.1) is 35.8 Å². The predicted octanol–water partition coefficient (Wildman–Crippen LogP) is 2.93. The lowest BCUT2D eigenvalue weighted by Crippen LogP contribution is -2.24. The zero-order chi connectivity index (χ0) is 17.2. The molecule has 0 bridgehead atoms. The molecule has 0 aliphatic rings. The van der Waals surface area contributed by atoms with E-state index in [0.717, 1.165) is 27.8 Å². The van der Waals surface area contributed by atoms with E-state index in [1.165, 1.54) is 5.56 Å². The van der Waals surface area contributed by atoms with Crippen molar-refractivity contribution in [3.63, 3.8) is 0 Å². The summed E-state index contributed by atoms with van der Waals surface area (Å²) in [6, 6.07) is 14.0. The average Bonchev–Trinajstić information content (AvgIpc) is 3.21. The number of benzene rings is 2. The summed E-state index contributed by atoms with van der Waals surface area (Å²) < 4.78 is 1.87. The number of carbonyl (C=O) groups excluding carboxylic acids is 1. The molecule has 4 aromatic rings. The van der Waals surface area contributed by atoms with E-state index in [9.17, 15) is 4.79 Å². The number of nitrogens with one attached hydrogen (secondary N) is 2. The molecule has 6 heteroatoms. The topological polar surface area (TPSA) is 75.6 Å². The molecule has 6 nitrogen and oxygen atoms in total. The molecule has 2 heterocycles. The summed E-state index contributed by atoms with van der Waals surface area (Å²) in [6.07, 6.45) is 2.22. The molecule has 0 radical (unpaired) electrons. The Kier molecular flexibility index (Phi) is 3.93. The van der Waals surface area contributed by atoms with Crippen molar-refractivity contribution in [2.24, 2.45) is 0 Å². The minimum Gasteiger partial charge on any atom is -0.349 e. The summed E-state index contributed by atoms with van der Waals surface area (Å²) in [5.74, 6) is 0.741. The van der Waals surface area contributed by atoms with Crippen LogP contribution in [0.3, 0.4) is 0 Å². The summed E-state index contributed by atoms with van der Waals surface area (Å²) in [7, 11) is 0. The molecule has 2 N–H and O–H groups in total. The highest BCUT2D eigenvalue weighted by Crippen LogP contribution is 2.15. The fraction of sp³-hybridized carbons (Fsp3) is 0.211. The van der Waals surface area contributed by atoms with Crippen molar-refractivity contribution in [1.82, 2.24) is 25.1 Å². The van der Waals surface area contributed by atoms with Crippen LogP contribution >= 0.6 is 0 Å². The molecule has 0 fully saturated rings. The van der Waals surface area contributed by atoms with Crippen molar-refractivity contribution in [1.29, 1.82) is 0 Å². The van der Waals surface area contributed by atoms with Gasteiger partial charge in [-0.25, -0.2) is 4.98 Å². The lowest BCUT2D eigenvalue weighted by molar-refractivity contribution is -0.121. The summed E-state index contributed by atoms with van der Waals surface area (Å²) in [5, 5.41) is 8.38. The van der Waals surface area contributed by atoms with Crippen LogP contribution in [-0.4, -0.2) is 25.7 Å². The number of H-pyrrole nitrogens is 1. The minimum atomic E-state index is -0.0174. The normalized spacial score (nSPS) is 11.2. The SMILES string of the molecule is Cc1ccc2c(cnn2CCC(=O)NCc2nc3ccccc3[nH]2)c1. The molecule has 0 aliphatic heterocycles. The zero-order valence-corrected chi connectivity index (χ0v) is 14.0. The van der Waals surface area contributed by atoms with Crippen LogP contribution in [0.5, 0.6) is 0 Å². The second-order valence-corrected chi connectivity index (χ2v) is 6.16. The van der Waals surface area contributed by atoms with E-state index < -0.39 is 0 Å². The number of nitrogens with zero attached hydrogens (tertiary/aromatic N) is 3. The first-order valence-corrected chi connectivity index (χ1v) is 8.31. The lowest BCUT2D eigenvalue weighted by atomic mass is 10.2. The van der Waals surface area contributed by atoms with Gasteiger partial charge in [-0.15, -0.1) is 0 Å². The maximum absolute atomic E-state index is 12.1. The second kappa shape index (κ2) is 6.39. The smallest absolute Gasteiger partial charge is 0.222 e. The van der Waals surface area contributed by atoms with E-state index in [2.05, 4.69) is 39.4 Å². The van der Waals surface area contributed by atoms with Gasteiger partial charge in [-0.05, 0) is 31.2 Å². The van der Waals surface area contributed by atoms with Crippen LogP contribution in [0.4, 0.5) is 0 Å². The first kappa shape index (κ1) is 15.4. The Morgan fingerprint density at radius 2 is 2.12 bits per heavy atom. The summed E-state index contributed by atoms with van der Waals surface area (Å²) in [6.45, 7) is 3.01. The van der Waals surface area contributed by atoms with Gasteiger partial charge in [0.25, 0.3) is 0 Å². The number of rotatable bonds is 5. The molecule has 0 saturated carbocycles. The fourth-order valence-corrected chi connectivity index (χ4v) is 2.95. The fourth-order valence-electron chi connectivity index (χ4n) is 2.95. The maximum Gasteiger partial charge on any atom is 0.222 e. The number of aryl methyl sites for hydroxylation is 2. The molecule has 0 saturated heterocycles. The summed E-state index contributed by atoms with van der Waals surface area (Å²) >= 11 is 0. The maximum atomic E-state index is 12.1. The third-order valence-corrected chi connectivity index (χ3v) is 4.24. The number of para-hydroxylation sites is 2. The van der Waals surface area contributed by atoms with Crippen molar-refractivity contribution in [2.45, 2.75) is 26.4 Å². The molecule has 2 aromatic heterocycles. The van der Waals surface area contributed by atoms with E-state index in [1.807, 2.05) is 41.2 Å². The van der Waals surface area contributed by atoms with Gasteiger partial charge >= 0.3 is 0 Å². The van der Waals surface area contributed by atoms with Crippen molar-refractivity contribution in [3.8, 4) is 0 Å². The number of imidazole rings is 1. The largest absolute Gasteiger partial charge is 0.349 e. The van der Waals surface area contributed by atoms with Crippen LogP contribution in [-0.2, 0) is 17.9 Å².